The van der Waals surface area contributed by atoms with Gasteiger partial charge in [-0.05, 0) is 31.4 Å². The zero-order valence-corrected chi connectivity index (χ0v) is 13.2. The van der Waals surface area contributed by atoms with E-state index in [1.807, 2.05) is 23.6 Å². The molecular weight excluding hydrogens is 294 g/mol. The van der Waals surface area contributed by atoms with Crippen molar-refractivity contribution >= 4 is 17.2 Å². The summed E-state index contributed by atoms with van der Waals surface area (Å²) in [5, 5.41) is 6.08. The van der Waals surface area contributed by atoms with E-state index in [2.05, 4.69) is 27.4 Å². The molecule has 1 amide bonds. The van der Waals surface area contributed by atoms with Crippen molar-refractivity contribution in [1.82, 2.24) is 15.3 Å². The van der Waals surface area contributed by atoms with Gasteiger partial charge in [0.05, 0.1) is 16.4 Å². The van der Waals surface area contributed by atoms with Crippen LogP contribution in [0.4, 0.5) is 0 Å². The van der Waals surface area contributed by atoms with Crippen LogP contribution in [0.2, 0.25) is 0 Å². The van der Waals surface area contributed by atoms with E-state index in [0.717, 1.165) is 42.1 Å². The van der Waals surface area contributed by atoms with E-state index < -0.39 is 0 Å². The third-order valence-corrected chi connectivity index (χ3v) is 4.67. The van der Waals surface area contributed by atoms with Crippen LogP contribution in [0.15, 0.2) is 41.9 Å². The standard InChI is InChI=1S/C17H19N3OS/c21-17(13-6-2-1-3-7-13)19-11-9-16-20-15(12-22-16)14-8-4-5-10-18-14/h1-2,4-5,8,10,12-13H,3,6-7,9,11H2,(H,19,21)/t13-/m0/s1. The third kappa shape index (κ3) is 3.80. The first kappa shape index (κ1) is 14.9. The Morgan fingerprint density at radius 3 is 3.05 bits per heavy atom. The summed E-state index contributed by atoms with van der Waals surface area (Å²) in [4.78, 5) is 20.9. The lowest BCUT2D eigenvalue weighted by atomic mass is 9.94. The lowest BCUT2D eigenvalue weighted by molar-refractivity contribution is -0.125. The number of carbonyl (C=O) groups is 1. The van der Waals surface area contributed by atoms with Crippen molar-refractivity contribution in [2.45, 2.75) is 25.7 Å². The smallest absolute Gasteiger partial charge is 0.223 e. The highest BCUT2D eigenvalue weighted by molar-refractivity contribution is 7.09. The Balaban J connectivity index is 1.49. The molecule has 4 nitrogen and oxygen atoms in total. The summed E-state index contributed by atoms with van der Waals surface area (Å²) in [6.07, 6.45) is 9.64. The maximum absolute atomic E-state index is 12.0. The third-order valence-electron chi connectivity index (χ3n) is 3.76. The van der Waals surface area contributed by atoms with Crippen molar-refractivity contribution < 1.29 is 4.79 Å². The van der Waals surface area contributed by atoms with Crippen molar-refractivity contribution in [2.24, 2.45) is 5.92 Å². The van der Waals surface area contributed by atoms with Gasteiger partial charge in [-0.15, -0.1) is 11.3 Å². The molecule has 1 aliphatic rings. The number of hydrogen-bond acceptors (Lipinski definition) is 4. The second kappa shape index (κ2) is 7.31. The average Bonchev–Trinajstić information content (AvgIpc) is 3.05. The van der Waals surface area contributed by atoms with Crippen molar-refractivity contribution in [3.63, 3.8) is 0 Å². The Hall–Kier alpha value is -2.01. The minimum absolute atomic E-state index is 0.144. The molecule has 3 rings (SSSR count). The van der Waals surface area contributed by atoms with Gasteiger partial charge in [-0.2, -0.15) is 0 Å². The maximum atomic E-state index is 12.0. The molecule has 114 valence electrons. The maximum Gasteiger partial charge on any atom is 0.223 e. The summed E-state index contributed by atoms with van der Waals surface area (Å²) in [7, 11) is 0. The van der Waals surface area contributed by atoms with Gasteiger partial charge < -0.3 is 5.32 Å². The molecule has 0 radical (unpaired) electrons. The largest absolute Gasteiger partial charge is 0.355 e. The monoisotopic (exact) mass is 313 g/mol. The quantitative estimate of drug-likeness (QED) is 0.862. The number of hydrogen-bond donors (Lipinski definition) is 1. The van der Waals surface area contributed by atoms with Crippen molar-refractivity contribution in [2.75, 3.05) is 6.54 Å². The SMILES string of the molecule is O=C(NCCc1nc(-c2ccccn2)cs1)[C@H]1CC=CCC1. The number of nitrogens with zero attached hydrogens (tertiary/aromatic N) is 2. The molecule has 2 heterocycles. The fraction of sp³-hybridized carbons (Fsp3) is 0.353. The highest BCUT2D eigenvalue weighted by Crippen LogP contribution is 2.20. The first-order valence-electron chi connectivity index (χ1n) is 7.61. The number of allylic oxidation sites excluding steroid dienone is 2. The molecular formula is C17H19N3OS. The van der Waals surface area contributed by atoms with E-state index in [0.29, 0.717) is 6.54 Å². The average molecular weight is 313 g/mol. The van der Waals surface area contributed by atoms with E-state index in [9.17, 15) is 4.79 Å². The molecule has 22 heavy (non-hydrogen) atoms. The molecule has 0 fully saturated rings. The molecule has 0 aromatic carbocycles. The molecule has 1 atom stereocenters. The fourth-order valence-corrected chi connectivity index (χ4v) is 3.32. The number of aromatic nitrogens is 2. The second-order valence-corrected chi connectivity index (χ2v) is 6.31. The Morgan fingerprint density at radius 2 is 2.27 bits per heavy atom. The highest BCUT2D eigenvalue weighted by atomic mass is 32.1. The molecule has 0 bridgehead atoms. The highest BCUT2D eigenvalue weighted by Gasteiger charge is 2.18. The van der Waals surface area contributed by atoms with Gasteiger partial charge in [-0.1, -0.05) is 18.2 Å². The van der Waals surface area contributed by atoms with Gasteiger partial charge in [-0.3, -0.25) is 9.78 Å². The van der Waals surface area contributed by atoms with Crippen LogP contribution in [0.1, 0.15) is 24.3 Å². The first-order valence-corrected chi connectivity index (χ1v) is 8.49. The Kier molecular flexibility index (Phi) is 4.96. The zero-order valence-electron chi connectivity index (χ0n) is 12.4. The summed E-state index contributed by atoms with van der Waals surface area (Å²) < 4.78 is 0. The van der Waals surface area contributed by atoms with E-state index in [1.165, 1.54) is 0 Å². The Bertz CT molecular complexity index is 651. The lowest BCUT2D eigenvalue weighted by Crippen LogP contribution is -2.32. The summed E-state index contributed by atoms with van der Waals surface area (Å²) >= 11 is 1.62. The predicted octanol–water partition coefficient (Wildman–Crippen LogP) is 3.22. The van der Waals surface area contributed by atoms with E-state index in [-0.39, 0.29) is 11.8 Å². The zero-order chi connectivity index (χ0) is 15.2. The van der Waals surface area contributed by atoms with Crippen LogP contribution in [0, 0.1) is 5.92 Å². The van der Waals surface area contributed by atoms with Gasteiger partial charge in [0, 0.05) is 30.5 Å². The summed E-state index contributed by atoms with van der Waals surface area (Å²) in [5.41, 5.74) is 1.80. The number of carbonyl (C=O) groups excluding carboxylic acids is 1. The molecule has 0 spiro atoms. The normalized spacial score (nSPS) is 17.4. The van der Waals surface area contributed by atoms with Crippen LogP contribution in [-0.4, -0.2) is 22.4 Å². The van der Waals surface area contributed by atoms with E-state index >= 15 is 0 Å². The Labute approximate surface area is 134 Å². The number of nitrogens with one attached hydrogen (secondary N) is 1. The molecule has 0 unspecified atom stereocenters. The molecule has 2 aromatic rings. The molecule has 0 saturated heterocycles. The van der Waals surface area contributed by atoms with E-state index in [1.54, 1.807) is 17.5 Å². The summed E-state index contributed by atoms with van der Waals surface area (Å²) in [5.74, 6) is 0.316. The molecule has 2 aromatic heterocycles. The van der Waals surface area contributed by atoms with Crippen LogP contribution >= 0.6 is 11.3 Å². The fourth-order valence-electron chi connectivity index (χ4n) is 2.53. The van der Waals surface area contributed by atoms with Gasteiger partial charge in [0.25, 0.3) is 0 Å². The topological polar surface area (TPSA) is 54.9 Å². The van der Waals surface area contributed by atoms with Crippen LogP contribution in [0.25, 0.3) is 11.4 Å². The van der Waals surface area contributed by atoms with E-state index in [4.69, 9.17) is 0 Å². The Morgan fingerprint density at radius 1 is 1.32 bits per heavy atom. The first-order chi connectivity index (χ1) is 10.8. The number of rotatable bonds is 5. The van der Waals surface area contributed by atoms with Gasteiger partial charge in [-0.25, -0.2) is 4.98 Å². The van der Waals surface area contributed by atoms with Crippen LogP contribution < -0.4 is 5.32 Å². The van der Waals surface area contributed by atoms with Gasteiger partial charge >= 0.3 is 0 Å². The lowest BCUT2D eigenvalue weighted by Gasteiger charge is -2.16. The van der Waals surface area contributed by atoms with Crippen LogP contribution in [-0.2, 0) is 11.2 Å². The van der Waals surface area contributed by atoms with Gasteiger partial charge in [0.2, 0.25) is 5.91 Å². The molecule has 1 N–H and O–H groups in total. The van der Waals surface area contributed by atoms with Crippen LogP contribution in [0.3, 0.4) is 0 Å². The summed E-state index contributed by atoms with van der Waals surface area (Å²) in [6.45, 7) is 0.647. The molecule has 1 aliphatic carbocycles. The molecule has 0 aliphatic heterocycles. The van der Waals surface area contributed by atoms with Crippen molar-refractivity contribution in [1.29, 1.82) is 0 Å². The van der Waals surface area contributed by atoms with Crippen molar-refractivity contribution in [3.05, 3.63) is 46.9 Å². The number of pyridine rings is 1. The minimum atomic E-state index is 0.144. The van der Waals surface area contributed by atoms with Gasteiger partial charge in [0.1, 0.15) is 0 Å². The molecule has 5 heteroatoms. The predicted molar refractivity (Wildman–Crippen MR) is 88.5 cm³/mol. The minimum Gasteiger partial charge on any atom is -0.355 e. The van der Waals surface area contributed by atoms with Crippen LogP contribution in [0.5, 0.6) is 0 Å². The second-order valence-electron chi connectivity index (χ2n) is 5.36. The number of thiazole rings is 1. The molecule has 0 saturated carbocycles. The van der Waals surface area contributed by atoms with Gasteiger partial charge in [0.15, 0.2) is 0 Å². The number of amides is 1. The summed E-state index contributed by atoms with van der Waals surface area (Å²) in [6, 6.07) is 5.81. The van der Waals surface area contributed by atoms with Crippen molar-refractivity contribution in [3.8, 4) is 11.4 Å².